The summed E-state index contributed by atoms with van der Waals surface area (Å²) in [5.74, 6) is -2.33. The molecule has 0 bridgehead atoms. The van der Waals surface area contributed by atoms with E-state index in [1.807, 2.05) is 41.8 Å². The molecule has 0 radical (unpaired) electrons. The third-order valence-corrected chi connectivity index (χ3v) is 3.95. The maximum Gasteiger partial charge on any atom is 0.250 e. The van der Waals surface area contributed by atoms with Crippen molar-refractivity contribution in [3.8, 4) is 6.07 Å². The molecule has 0 aliphatic rings. The summed E-state index contributed by atoms with van der Waals surface area (Å²) in [4.78, 5) is 29.2. The van der Waals surface area contributed by atoms with Gasteiger partial charge in [-0.15, -0.1) is 0 Å². The Hall–Kier alpha value is -3.46. The average Bonchev–Trinajstić information content (AvgIpc) is 3.01. The summed E-state index contributed by atoms with van der Waals surface area (Å²) >= 11 is 0. The number of nitrogens with one attached hydrogen (secondary N) is 1. The lowest BCUT2D eigenvalue weighted by molar-refractivity contribution is -0.117. The molecule has 2 heterocycles. The molecule has 1 atom stereocenters. The number of aryl methyl sites for hydroxylation is 1. The van der Waals surface area contributed by atoms with Crippen LogP contribution in [-0.4, -0.2) is 21.2 Å². The number of hydrogen-bond acceptors (Lipinski definition) is 4. The zero-order chi connectivity index (χ0) is 17.8. The number of fused-ring (bicyclic) bond motifs is 1. The SMILES string of the molecule is CCn1c(C(=O)[C@@H](C#N)C(=O)Nc2ccccn2)cc2ccccc21. The van der Waals surface area contributed by atoms with E-state index in [9.17, 15) is 14.9 Å². The topological polar surface area (TPSA) is 87.8 Å². The normalized spacial score (nSPS) is 11.7. The van der Waals surface area contributed by atoms with Gasteiger partial charge in [-0.1, -0.05) is 24.3 Å². The first-order chi connectivity index (χ1) is 12.2. The third kappa shape index (κ3) is 3.12. The van der Waals surface area contributed by atoms with Crippen molar-refractivity contribution in [3.63, 3.8) is 0 Å². The first kappa shape index (κ1) is 16.4. The van der Waals surface area contributed by atoms with Crippen LogP contribution in [0.2, 0.25) is 0 Å². The highest BCUT2D eigenvalue weighted by Gasteiger charge is 2.30. The van der Waals surface area contributed by atoms with Gasteiger partial charge in [0.25, 0.3) is 5.91 Å². The fourth-order valence-corrected chi connectivity index (χ4v) is 2.77. The lowest BCUT2D eigenvalue weighted by Crippen LogP contribution is -2.30. The number of carbonyl (C=O) groups excluding carboxylic acids is 2. The first-order valence-corrected chi connectivity index (χ1v) is 7.89. The quantitative estimate of drug-likeness (QED) is 0.574. The maximum absolute atomic E-state index is 12.8. The Morgan fingerprint density at radius 1 is 1.24 bits per heavy atom. The molecule has 3 rings (SSSR count). The summed E-state index contributed by atoms with van der Waals surface area (Å²) in [5, 5.41) is 12.8. The van der Waals surface area contributed by atoms with Crippen molar-refractivity contribution in [3.05, 3.63) is 60.4 Å². The fraction of sp³-hybridized carbons (Fsp3) is 0.158. The summed E-state index contributed by atoms with van der Waals surface area (Å²) in [7, 11) is 0. The van der Waals surface area contributed by atoms with Crippen molar-refractivity contribution in [1.82, 2.24) is 9.55 Å². The Bertz CT molecular complexity index is 970. The van der Waals surface area contributed by atoms with Crippen molar-refractivity contribution in [1.29, 1.82) is 5.26 Å². The van der Waals surface area contributed by atoms with E-state index < -0.39 is 17.6 Å². The minimum absolute atomic E-state index is 0.302. The van der Waals surface area contributed by atoms with Crippen LogP contribution in [0.3, 0.4) is 0 Å². The molecule has 1 N–H and O–H groups in total. The monoisotopic (exact) mass is 332 g/mol. The number of aromatic nitrogens is 2. The van der Waals surface area contributed by atoms with Crippen molar-refractivity contribution in [2.75, 3.05) is 5.32 Å². The summed E-state index contributed by atoms with van der Waals surface area (Å²) in [6, 6.07) is 16.1. The van der Waals surface area contributed by atoms with E-state index in [2.05, 4.69) is 10.3 Å². The molecule has 124 valence electrons. The summed E-state index contributed by atoms with van der Waals surface area (Å²) < 4.78 is 1.82. The average molecular weight is 332 g/mol. The second kappa shape index (κ2) is 6.97. The van der Waals surface area contributed by atoms with Gasteiger partial charge in [-0.25, -0.2) is 4.98 Å². The molecule has 0 saturated heterocycles. The molecule has 6 heteroatoms. The largest absolute Gasteiger partial charge is 0.338 e. The smallest absolute Gasteiger partial charge is 0.250 e. The molecule has 1 amide bonds. The third-order valence-electron chi connectivity index (χ3n) is 3.95. The molecule has 6 nitrogen and oxygen atoms in total. The Morgan fingerprint density at radius 2 is 2.00 bits per heavy atom. The predicted molar refractivity (Wildman–Crippen MR) is 93.9 cm³/mol. The van der Waals surface area contributed by atoms with Gasteiger partial charge in [0.15, 0.2) is 5.92 Å². The maximum atomic E-state index is 12.8. The van der Waals surface area contributed by atoms with Gasteiger partial charge in [0.2, 0.25) is 5.78 Å². The van der Waals surface area contributed by atoms with Crippen LogP contribution < -0.4 is 5.32 Å². The highest BCUT2D eigenvalue weighted by molar-refractivity contribution is 6.16. The number of hydrogen-bond donors (Lipinski definition) is 1. The molecule has 2 aromatic heterocycles. The lowest BCUT2D eigenvalue weighted by Gasteiger charge is -2.11. The van der Waals surface area contributed by atoms with Gasteiger partial charge < -0.3 is 9.88 Å². The number of rotatable bonds is 5. The summed E-state index contributed by atoms with van der Waals surface area (Å²) in [5.41, 5.74) is 1.25. The molecular formula is C19H16N4O2. The fourth-order valence-electron chi connectivity index (χ4n) is 2.77. The molecular weight excluding hydrogens is 316 g/mol. The lowest BCUT2D eigenvalue weighted by atomic mass is 10.0. The van der Waals surface area contributed by atoms with E-state index in [0.29, 0.717) is 18.1 Å². The number of pyridine rings is 1. The predicted octanol–water partition coefficient (Wildman–Crippen LogP) is 3.02. The molecule has 0 saturated carbocycles. The minimum atomic E-state index is -1.43. The first-order valence-electron chi connectivity index (χ1n) is 7.89. The molecule has 0 aliphatic heterocycles. The van der Waals surface area contributed by atoms with Gasteiger partial charge >= 0.3 is 0 Å². The molecule has 1 aromatic carbocycles. The molecule has 25 heavy (non-hydrogen) atoms. The number of nitrogens with zero attached hydrogens (tertiary/aromatic N) is 3. The van der Waals surface area contributed by atoms with Crippen molar-refractivity contribution in [2.45, 2.75) is 13.5 Å². The van der Waals surface area contributed by atoms with Crippen molar-refractivity contribution >= 4 is 28.4 Å². The van der Waals surface area contributed by atoms with Crippen LogP contribution in [0.5, 0.6) is 0 Å². The van der Waals surface area contributed by atoms with E-state index in [1.54, 1.807) is 24.3 Å². The molecule has 3 aromatic rings. The van der Waals surface area contributed by atoms with Gasteiger partial charge in [-0.05, 0) is 31.2 Å². The summed E-state index contributed by atoms with van der Waals surface area (Å²) in [6.45, 7) is 2.48. The van der Waals surface area contributed by atoms with Gasteiger partial charge in [0.05, 0.1) is 11.8 Å². The zero-order valence-electron chi connectivity index (χ0n) is 13.6. The number of carbonyl (C=O) groups is 2. The zero-order valence-corrected chi connectivity index (χ0v) is 13.6. The van der Waals surface area contributed by atoms with E-state index in [-0.39, 0.29) is 0 Å². The van der Waals surface area contributed by atoms with Gasteiger partial charge in [-0.3, -0.25) is 9.59 Å². The van der Waals surface area contributed by atoms with Crippen LogP contribution in [-0.2, 0) is 11.3 Å². The number of para-hydroxylation sites is 1. The van der Waals surface area contributed by atoms with E-state index in [1.165, 1.54) is 6.20 Å². The second-order valence-corrected chi connectivity index (χ2v) is 5.46. The molecule has 0 unspecified atom stereocenters. The van der Waals surface area contributed by atoms with Crippen LogP contribution in [0, 0.1) is 17.2 Å². The van der Waals surface area contributed by atoms with Crippen LogP contribution in [0.1, 0.15) is 17.4 Å². The molecule has 0 spiro atoms. The van der Waals surface area contributed by atoms with Crippen molar-refractivity contribution in [2.24, 2.45) is 5.92 Å². The number of amides is 1. The second-order valence-electron chi connectivity index (χ2n) is 5.46. The standard InChI is InChI=1S/C19H16N4O2/c1-2-23-15-8-4-3-7-13(15)11-16(23)18(24)14(12-20)19(25)22-17-9-5-6-10-21-17/h3-11,14H,2H2,1H3,(H,21,22,25)/t14-/m1/s1. The van der Waals surface area contributed by atoms with Crippen LogP contribution in [0.25, 0.3) is 10.9 Å². The van der Waals surface area contributed by atoms with Crippen LogP contribution in [0.4, 0.5) is 5.82 Å². The number of anilines is 1. The minimum Gasteiger partial charge on any atom is -0.338 e. The highest BCUT2D eigenvalue weighted by Crippen LogP contribution is 2.22. The Labute approximate surface area is 144 Å². The van der Waals surface area contributed by atoms with Gasteiger partial charge in [0.1, 0.15) is 5.82 Å². The molecule has 0 fully saturated rings. The Kier molecular flexibility index (Phi) is 4.57. The van der Waals surface area contributed by atoms with E-state index in [4.69, 9.17) is 0 Å². The number of ketones is 1. The number of Topliss-reactive ketones (excluding diaryl/α,β-unsaturated/α-hetero) is 1. The van der Waals surface area contributed by atoms with Gasteiger partial charge in [0, 0.05) is 23.6 Å². The Morgan fingerprint density at radius 3 is 2.68 bits per heavy atom. The highest BCUT2D eigenvalue weighted by atomic mass is 16.2. The summed E-state index contributed by atoms with van der Waals surface area (Å²) in [6.07, 6.45) is 1.52. The van der Waals surface area contributed by atoms with E-state index in [0.717, 1.165) is 10.9 Å². The number of nitriles is 1. The van der Waals surface area contributed by atoms with Crippen LogP contribution >= 0.6 is 0 Å². The molecule has 0 aliphatic carbocycles. The number of benzene rings is 1. The van der Waals surface area contributed by atoms with Crippen LogP contribution in [0.15, 0.2) is 54.7 Å². The van der Waals surface area contributed by atoms with Gasteiger partial charge in [-0.2, -0.15) is 5.26 Å². The van der Waals surface area contributed by atoms with E-state index >= 15 is 0 Å². The Balaban J connectivity index is 1.93. The van der Waals surface area contributed by atoms with Crippen molar-refractivity contribution < 1.29 is 9.59 Å².